The molecule has 0 atom stereocenters. The number of hydrogen-bond acceptors (Lipinski definition) is 3. The van der Waals surface area contributed by atoms with E-state index in [2.05, 4.69) is 10.3 Å². The lowest BCUT2D eigenvalue weighted by Crippen LogP contribution is -2.31. The number of aliphatic carboxylic acids is 1. The fourth-order valence-corrected chi connectivity index (χ4v) is 3.07. The van der Waals surface area contributed by atoms with Gasteiger partial charge in [-0.25, -0.2) is 0 Å². The van der Waals surface area contributed by atoms with Crippen molar-refractivity contribution in [1.82, 2.24) is 10.3 Å². The van der Waals surface area contributed by atoms with E-state index in [4.69, 9.17) is 5.11 Å². The van der Waals surface area contributed by atoms with E-state index in [1.54, 1.807) is 6.20 Å². The van der Waals surface area contributed by atoms with E-state index < -0.39 is 5.97 Å². The van der Waals surface area contributed by atoms with Crippen LogP contribution in [0.3, 0.4) is 0 Å². The number of hydrogen-bond donors (Lipinski definition) is 2. The van der Waals surface area contributed by atoms with Crippen LogP contribution in [0.2, 0.25) is 0 Å². The van der Waals surface area contributed by atoms with Gasteiger partial charge in [0.1, 0.15) is 0 Å². The SMILES string of the molecule is Cc1ccc(CNC(=O)CC2(CC(=O)O)CCCC2)cn1. The molecular weight excluding hydrogens is 268 g/mol. The fourth-order valence-electron chi connectivity index (χ4n) is 3.07. The Labute approximate surface area is 124 Å². The lowest BCUT2D eigenvalue weighted by Gasteiger charge is -2.26. The maximum absolute atomic E-state index is 12.1. The van der Waals surface area contributed by atoms with Crippen LogP contribution in [-0.4, -0.2) is 22.0 Å². The molecule has 0 spiro atoms. The van der Waals surface area contributed by atoms with Gasteiger partial charge < -0.3 is 10.4 Å². The number of pyridine rings is 1. The van der Waals surface area contributed by atoms with Crippen LogP contribution in [0, 0.1) is 12.3 Å². The van der Waals surface area contributed by atoms with Crippen LogP contribution in [0.4, 0.5) is 0 Å². The van der Waals surface area contributed by atoms with Gasteiger partial charge in [0.2, 0.25) is 5.91 Å². The standard InChI is InChI=1S/C16H22N2O3/c1-12-4-5-13(10-17-12)11-18-14(19)8-16(9-15(20)21)6-2-3-7-16/h4-5,10H,2-3,6-9,11H2,1H3,(H,18,19)(H,20,21). The number of rotatable bonds is 6. The number of aryl methyl sites for hydroxylation is 1. The maximum atomic E-state index is 12.1. The van der Waals surface area contributed by atoms with Crippen molar-refractivity contribution >= 4 is 11.9 Å². The summed E-state index contributed by atoms with van der Waals surface area (Å²) in [5.41, 5.74) is 1.55. The molecule has 1 aromatic rings. The van der Waals surface area contributed by atoms with E-state index >= 15 is 0 Å². The molecular formula is C16H22N2O3. The number of amides is 1. The minimum Gasteiger partial charge on any atom is -0.481 e. The molecule has 0 radical (unpaired) electrons. The smallest absolute Gasteiger partial charge is 0.303 e. The highest BCUT2D eigenvalue weighted by Gasteiger charge is 2.37. The highest BCUT2D eigenvalue weighted by molar-refractivity contribution is 5.78. The summed E-state index contributed by atoms with van der Waals surface area (Å²) in [6, 6.07) is 3.84. The molecule has 2 N–H and O–H groups in total. The molecule has 0 aromatic carbocycles. The Bertz CT molecular complexity index is 505. The van der Waals surface area contributed by atoms with E-state index in [1.807, 2.05) is 19.1 Å². The van der Waals surface area contributed by atoms with E-state index in [-0.39, 0.29) is 17.7 Å². The van der Waals surface area contributed by atoms with Crippen molar-refractivity contribution in [2.24, 2.45) is 5.41 Å². The zero-order chi connectivity index (χ0) is 15.3. The number of carbonyl (C=O) groups excluding carboxylic acids is 1. The molecule has 0 saturated heterocycles. The average molecular weight is 290 g/mol. The molecule has 1 amide bonds. The van der Waals surface area contributed by atoms with Crippen molar-refractivity contribution < 1.29 is 14.7 Å². The Hall–Kier alpha value is -1.91. The normalized spacial score (nSPS) is 16.6. The quantitative estimate of drug-likeness (QED) is 0.843. The minimum atomic E-state index is -0.813. The molecule has 114 valence electrons. The Kier molecular flexibility index (Phi) is 4.94. The second-order valence-electron chi connectivity index (χ2n) is 6.04. The molecule has 0 aliphatic heterocycles. The highest BCUT2D eigenvalue weighted by atomic mass is 16.4. The third-order valence-electron chi connectivity index (χ3n) is 4.19. The van der Waals surface area contributed by atoms with Gasteiger partial charge in [0, 0.05) is 24.9 Å². The molecule has 5 heteroatoms. The summed E-state index contributed by atoms with van der Waals surface area (Å²) >= 11 is 0. The van der Waals surface area contributed by atoms with Crippen molar-refractivity contribution in [3.8, 4) is 0 Å². The summed E-state index contributed by atoms with van der Waals surface area (Å²) in [5.74, 6) is -0.883. The van der Waals surface area contributed by atoms with Gasteiger partial charge in [-0.1, -0.05) is 18.9 Å². The first-order chi connectivity index (χ1) is 9.99. The molecule has 1 fully saturated rings. The lowest BCUT2D eigenvalue weighted by atomic mass is 9.79. The maximum Gasteiger partial charge on any atom is 0.303 e. The zero-order valence-electron chi connectivity index (χ0n) is 12.4. The average Bonchev–Trinajstić information content (AvgIpc) is 2.85. The molecule has 0 bridgehead atoms. The third kappa shape index (κ3) is 4.55. The van der Waals surface area contributed by atoms with Crippen molar-refractivity contribution in [1.29, 1.82) is 0 Å². The third-order valence-corrected chi connectivity index (χ3v) is 4.19. The Morgan fingerprint density at radius 2 is 2.00 bits per heavy atom. The van der Waals surface area contributed by atoms with Crippen LogP contribution in [-0.2, 0) is 16.1 Å². The number of aromatic nitrogens is 1. The fraction of sp³-hybridized carbons (Fsp3) is 0.562. The van der Waals surface area contributed by atoms with Gasteiger partial charge in [-0.15, -0.1) is 0 Å². The monoisotopic (exact) mass is 290 g/mol. The predicted octanol–water partition coefficient (Wildman–Crippen LogP) is 2.43. The number of nitrogens with one attached hydrogen (secondary N) is 1. The summed E-state index contributed by atoms with van der Waals surface area (Å²) in [6.07, 6.45) is 5.84. The summed E-state index contributed by atoms with van der Waals surface area (Å²) in [7, 11) is 0. The summed E-state index contributed by atoms with van der Waals surface area (Å²) < 4.78 is 0. The van der Waals surface area contributed by atoms with E-state index in [0.717, 1.165) is 36.9 Å². The van der Waals surface area contributed by atoms with Gasteiger partial charge >= 0.3 is 5.97 Å². The van der Waals surface area contributed by atoms with Gasteiger partial charge in [-0.2, -0.15) is 0 Å². The predicted molar refractivity (Wildman–Crippen MR) is 78.6 cm³/mol. The van der Waals surface area contributed by atoms with E-state index in [1.165, 1.54) is 0 Å². The van der Waals surface area contributed by atoms with Gasteiger partial charge in [-0.3, -0.25) is 14.6 Å². The Balaban J connectivity index is 1.87. The Morgan fingerprint density at radius 3 is 2.57 bits per heavy atom. The lowest BCUT2D eigenvalue weighted by molar-refractivity contribution is -0.140. The molecule has 0 unspecified atom stereocenters. The highest BCUT2D eigenvalue weighted by Crippen LogP contribution is 2.43. The van der Waals surface area contributed by atoms with Gasteiger partial charge in [0.25, 0.3) is 0 Å². The van der Waals surface area contributed by atoms with Crippen LogP contribution in [0.5, 0.6) is 0 Å². The number of nitrogens with zero attached hydrogens (tertiary/aromatic N) is 1. The van der Waals surface area contributed by atoms with Crippen LogP contribution in [0.25, 0.3) is 0 Å². The van der Waals surface area contributed by atoms with Gasteiger partial charge in [-0.05, 0) is 36.8 Å². The molecule has 1 aliphatic rings. The molecule has 1 saturated carbocycles. The molecule has 2 rings (SSSR count). The van der Waals surface area contributed by atoms with Crippen molar-refractivity contribution in [3.63, 3.8) is 0 Å². The summed E-state index contributed by atoms with van der Waals surface area (Å²) in [6.45, 7) is 2.35. The second-order valence-corrected chi connectivity index (χ2v) is 6.04. The van der Waals surface area contributed by atoms with E-state index in [9.17, 15) is 9.59 Å². The van der Waals surface area contributed by atoms with Crippen LogP contribution in [0.15, 0.2) is 18.3 Å². The second kappa shape index (κ2) is 6.70. The van der Waals surface area contributed by atoms with Crippen LogP contribution >= 0.6 is 0 Å². The topological polar surface area (TPSA) is 79.3 Å². The first-order valence-electron chi connectivity index (χ1n) is 7.39. The Morgan fingerprint density at radius 1 is 1.29 bits per heavy atom. The first kappa shape index (κ1) is 15.5. The van der Waals surface area contributed by atoms with Crippen molar-refractivity contribution in [2.75, 3.05) is 0 Å². The van der Waals surface area contributed by atoms with Crippen molar-refractivity contribution in [3.05, 3.63) is 29.6 Å². The van der Waals surface area contributed by atoms with Gasteiger partial charge in [0.15, 0.2) is 0 Å². The molecule has 1 aromatic heterocycles. The largest absolute Gasteiger partial charge is 0.481 e. The van der Waals surface area contributed by atoms with E-state index in [0.29, 0.717) is 13.0 Å². The first-order valence-corrected chi connectivity index (χ1v) is 7.39. The molecule has 5 nitrogen and oxygen atoms in total. The summed E-state index contributed by atoms with van der Waals surface area (Å²) in [5, 5.41) is 11.9. The zero-order valence-corrected chi connectivity index (χ0v) is 12.4. The van der Waals surface area contributed by atoms with Crippen LogP contribution < -0.4 is 5.32 Å². The van der Waals surface area contributed by atoms with Crippen LogP contribution in [0.1, 0.15) is 49.8 Å². The number of carboxylic acid groups (broad SMARTS) is 1. The van der Waals surface area contributed by atoms with Crippen molar-refractivity contribution in [2.45, 2.75) is 52.0 Å². The molecule has 21 heavy (non-hydrogen) atoms. The molecule has 1 aliphatic carbocycles. The number of carbonyl (C=O) groups is 2. The molecule has 1 heterocycles. The minimum absolute atomic E-state index is 0.0706. The number of carboxylic acids is 1. The summed E-state index contributed by atoms with van der Waals surface area (Å²) in [4.78, 5) is 27.3. The van der Waals surface area contributed by atoms with Gasteiger partial charge in [0.05, 0.1) is 6.42 Å².